The predicted molar refractivity (Wildman–Crippen MR) is 65.3 cm³/mol. The molecule has 1 aromatic heterocycles. The van der Waals surface area contributed by atoms with Crippen LogP contribution in [-0.2, 0) is 13.5 Å². The largest absolute Gasteiger partial charge is 0.393 e. The van der Waals surface area contributed by atoms with Crippen LogP contribution in [0.15, 0.2) is 12.4 Å². The highest BCUT2D eigenvalue weighted by molar-refractivity contribution is 5.04. The van der Waals surface area contributed by atoms with Gasteiger partial charge in [0.05, 0.1) is 12.3 Å². The summed E-state index contributed by atoms with van der Waals surface area (Å²) in [4.78, 5) is 2.33. The highest BCUT2D eigenvalue weighted by atomic mass is 16.3. The first-order chi connectivity index (χ1) is 7.65. The summed E-state index contributed by atoms with van der Waals surface area (Å²) in [6.07, 6.45) is 5.05. The molecule has 1 N–H and O–H groups in total. The van der Waals surface area contributed by atoms with Crippen LogP contribution in [0.5, 0.6) is 0 Å². The summed E-state index contributed by atoms with van der Waals surface area (Å²) in [7, 11) is 1.89. The van der Waals surface area contributed by atoms with Crippen LogP contribution >= 0.6 is 0 Å². The van der Waals surface area contributed by atoms with Gasteiger partial charge in [-0.1, -0.05) is 13.8 Å². The molecule has 1 aromatic rings. The minimum Gasteiger partial charge on any atom is -0.393 e. The van der Waals surface area contributed by atoms with Crippen LogP contribution in [0.25, 0.3) is 0 Å². The van der Waals surface area contributed by atoms with E-state index in [1.165, 1.54) is 0 Å². The van der Waals surface area contributed by atoms with Gasteiger partial charge in [-0.3, -0.25) is 4.68 Å². The summed E-state index contributed by atoms with van der Waals surface area (Å²) < 4.78 is 1.77. The zero-order chi connectivity index (χ0) is 12.0. The quantitative estimate of drug-likeness (QED) is 0.754. The number of aromatic nitrogens is 2. The lowest BCUT2D eigenvalue weighted by Crippen LogP contribution is -2.27. The molecule has 1 unspecified atom stereocenters. The third kappa shape index (κ3) is 4.33. The van der Waals surface area contributed by atoms with Gasteiger partial charge in [-0.25, -0.2) is 0 Å². The number of aliphatic hydroxyl groups is 1. The van der Waals surface area contributed by atoms with Crippen molar-refractivity contribution in [1.82, 2.24) is 14.7 Å². The molecule has 0 radical (unpaired) electrons. The third-order valence-electron chi connectivity index (χ3n) is 2.90. The molecule has 0 amide bonds. The van der Waals surface area contributed by atoms with Crippen molar-refractivity contribution in [3.05, 3.63) is 18.0 Å². The Bertz CT molecular complexity index is 294. The predicted octanol–water partition coefficient (Wildman–Crippen LogP) is 1.06. The van der Waals surface area contributed by atoms with E-state index in [9.17, 15) is 5.11 Å². The first kappa shape index (κ1) is 13.2. The van der Waals surface area contributed by atoms with Crippen molar-refractivity contribution in [3.63, 3.8) is 0 Å². The molecule has 0 saturated carbocycles. The van der Waals surface area contributed by atoms with E-state index in [0.29, 0.717) is 6.42 Å². The average Bonchev–Trinajstić information content (AvgIpc) is 2.65. The van der Waals surface area contributed by atoms with Crippen molar-refractivity contribution < 1.29 is 5.11 Å². The molecule has 0 bridgehead atoms. The molecule has 4 nitrogen and oxygen atoms in total. The maximum Gasteiger partial charge on any atom is 0.0593 e. The van der Waals surface area contributed by atoms with Gasteiger partial charge in [-0.2, -0.15) is 5.10 Å². The maximum atomic E-state index is 9.89. The summed E-state index contributed by atoms with van der Waals surface area (Å²) in [6, 6.07) is 0. The van der Waals surface area contributed by atoms with Crippen LogP contribution < -0.4 is 0 Å². The number of aliphatic hydroxyl groups excluding tert-OH is 1. The average molecular weight is 225 g/mol. The Morgan fingerprint density at radius 1 is 1.44 bits per heavy atom. The molecule has 0 aliphatic carbocycles. The lowest BCUT2D eigenvalue weighted by atomic mass is 10.1. The fraction of sp³-hybridized carbons (Fsp3) is 0.750. The monoisotopic (exact) mass is 225 g/mol. The molecule has 0 aliphatic heterocycles. The first-order valence-corrected chi connectivity index (χ1v) is 6.03. The van der Waals surface area contributed by atoms with E-state index < -0.39 is 0 Å². The van der Waals surface area contributed by atoms with Crippen LogP contribution in [0.1, 0.15) is 25.8 Å². The summed E-state index contributed by atoms with van der Waals surface area (Å²) in [5.41, 5.74) is 1.11. The Morgan fingerprint density at radius 3 is 2.62 bits per heavy atom. The zero-order valence-electron chi connectivity index (χ0n) is 10.6. The van der Waals surface area contributed by atoms with Gasteiger partial charge in [0.15, 0.2) is 0 Å². The smallest absolute Gasteiger partial charge is 0.0593 e. The normalized spacial score (nSPS) is 13.3. The molecule has 92 valence electrons. The van der Waals surface area contributed by atoms with E-state index in [0.717, 1.165) is 31.6 Å². The number of hydrogen-bond donors (Lipinski definition) is 1. The Morgan fingerprint density at radius 2 is 2.12 bits per heavy atom. The van der Waals surface area contributed by atoms with Gasteiger partial charge in [0.1, 0.15) is 0 Å². The molecule has 0 spiro atoms. The second-order valence-corrected chi connectivity index (χ2v) is 4.20. The standard InChI is InChI=1S/C12H23N3O/c1-4-15(5-2)7-6-12(16)8-11-9-13-14(3)10-11/h9-10,12,16H,4-8H2,1-3H3. The molecule has 0 saturated heterocycles. The van der Waals surface area contributed by atoms with Gasteiger partial charge >= 0.3 is 0 Å². The molecule has 4 heteroatoms. The van der Waals surface area contributed by atoms with E-state index in [1.54, 1.807) is 4.68 Å². The maximum absolute atomic E-state index is 9.89. The molecular weight excluding hydrogens is 202 g/mol. The van der Waals surface area contributed by atoms with E-state index in [-0.39, 0.29) is 6.10 Å². The van der Waals surface area contributed by atoms with Crippen molar-refractivity contribution in [2.75, 3.05) is 19.6 Å². The highest BCUT2D eigenvalue weighted by Crippen LogP contribution is 2.05. The fourth-order valence-electron chi connectivity index (χ4n) is 1.82. The minimum atomic E-state index is -0.259. The van der Waals surface area contributed by atoms with Gasteiger partial charge in [-0.05, 0) is 25.1 Å². The number of rotatable bonds is 7. The molecule has 16 heavy (non-hydrogen) atoms. The topological polar surface area (TPSA) is 41.3 Å². The van der Waals surface area contributed by atoms with Gasteiger partial charge < -0.3 is 10.0 Å². The van der Waals surface area contributed by atoms with Crippen molar-refractivity contribution >= 4 is 0 Å². The Labute approximate surface area is 97.9 Å². The second kappa shape index (κ2) is 6.66. The highest BCUT2D eigenvalue weighted by Gasteiger charge is 2.08. The van der Waals surface area contributed by atoms with Gasteiger partial charge in [-0.15, -0.1) is 0 Å². The van der Waals surface area contributed by atoms with E-state index in [4.69, 9.17) is 0 Å². The Balaban J connectivity index is 2.27. The Hall–Kier alpha value is -0.870. The molecule has 0 fully saturated rings. The van der Waals surface area contributed by atoms with Gasteiger partial charge in [0.25, 0.3) is 0 Å². The first-order valence-electron chi connectivity index (χ1n) is 6.03. The molecular formula is C12H23N3O. The zero-order valence-corrected chi connectivity index (χ0v) is 10.6. The van der Waals surface area contributed by atoms with Crippen LogP contribution in [0.4, 0.5) is 0 Å². The van der Waals surface area contributed by atoms with Crippen molar-refractivity contribution in [2.45, 2.75) is 32.8 Å². The number of hydrogen-bond acceptors (Lipinski definition) is 3. The minimum absolute atomic E-state index is 0.259. The van der Waals surface area contributed by atoms with Crippen molar-refractivity contribution in [1.29, 1.82) is 0 Å². The molecule has 0 aromatic carbocycles. The molecule has 0 aliphatic rings. The lowest BCUT2D eigenvalue weighted by Gasteiger charge is -2.19. The van der Waals surface area contributed by atoms with E-state index >= 15 is 0 Å². The summed E-state index contributed by atoms with van der Waals surface area (Å²) in [5, 5.41) is 14.0. The van der Waals surface area contributed by atoms with E-state index in [2.05, 4.69) is 23.8 Å². The summed E-state index contributed by atoms with van der Waals surface area (Å²) in [5.74, 6) is 0. The third-order valence-corrected chi connectivity index (χ3v) is 2.90. The SMILES string of the molecule is CCN(CC)CCC(O)Cc1cnn(C)c1. The number of nitrogens with zero attached hydrogens (tertiary/aromatic N) is 3. The van der Waals surface area contributed by atoms with Crippen LogP contribution in [0.2, 0.25) is 0 Å². The van der Waals surface area contributed by atoms with Crippen LogP contribution in [0.3, 0.4) is 0 Å². The molecule has 1 rings (SSSR count). The lowest BCUT2D eigenvalue weighted by molar-refractivity contribution is 0.143. The van der Waals surface area contributed by atoms with Crippen LogP contribution in [0, 0.1) is 0 Å². The Kier molecular flexibility index (Phi) is 5.49. The summed E-state index contributed by atoms with van der Waals surface area (Å²) >= 11 is 0. The van der Waals surface area contributed by atoms with Gasteiger partial charge in [0.2, 0.25) is 0 Å². The van der Waals surface area contributed by atoms with E-state index in [1.807, 2.05) is 19.4 Å². The van der Waals surface area contributed by atoms with Crippen molar-refractivity contribution in [2.24, 2.45) is 7.05 Å². The van der Waals surface area contributed by atoms with Crippen molar-refractivity contribution in [3.8, 4) is 0 Å². The van der Waals surface area contributed by atoms with Gasteiger partial charge in [0, 0.05) is 26.2 Å². The number of aryl methyl sites for hydroxylation is 1. The fourth-order valence-corrected chi connectivity index (χ4v) is 1.82. The van der Waals surface area contributed by atoms with Crippen LogP contribution in [-0.4, -0.2) is 45.5 Å². The summed E-state index contributed by atoms with van der Waals surface area (Å²) in [6.45, 7) is 7.37. The second-order valence-electron chi connectivity index (χ2n) is 4.20. The molecule has 1 heterocycles. The molecule has 1 atom stereocenters.